The number of carbonyl (C=O) groups excluding carboxylic acids is 1. The van der Waals surface area contributed by atoms with Crippen molar-refractivity contribution in [1.29, 1.82) is 0 Å². The van der Waals surface area contributed by atoms with Crippen LogP contribution in [0.1, 0.15) is 28.3 Å². The van der Waals surface area contributed by atoms with Gasteiger partial charge in [-0.05, 0) is 70.3 Å². The van der Waals surface area contributed by atoms with E-state index in [1.807, 2.05) is 46.7 Å². The Morgan fingerprint density at radius 1 is 1.03 bits per heavy atom. The molecule has 0 bridgehead atoms. The molecule has 0 spiro atoms. The van der Waals surface area contributed by atoms with E-state index in [9.17, 15) is 9.59 Å². The molecule has 5 rings (SSSR count). The Hall–Kier alpha value is -3.06. The third kappa shape index (κ3) is 4.87. The van der Waals surface area contributed by atoms with E-state index in [-0.39, 0.29) is 12.3 Å². The molecule has 0 fully saturated rings. The zero-order valence-electron chi connectivity index (χ0n) is 18.5. The first-order valence-corrected chi connectivity index (χ1v) is 12.7. The lowest BCUT2D eigenvalue weighted by molar-refractivity contribution is -0.139. The van der Waals surface area contributed by atoms with Gasteiger partial charge in [-0.1, -0.05) is 47.5 Å². The number of aliphatic carboxylic acids is 1. The summed E-state index contributed by atoms with van der Waals surface area (Å²) >= 11 is 14.2. The molecule has 1 unspecified atom stereocenters. The number of hydrogen-bond donors (Lipinski definition) is 1. The number of thiophene rings is 1. The van der Waals surface area contributed by atoms with Crippen LogP contribution < -0.4 is 4.74 Å². The van der Waals surface area contributed by atoms with E-state index in [4.69, 9.17) is 33.0 Å². The predicted octanol–water partition coefficient (Wildman–Crippen LogP) is 6.39. The number of benzene rings is 3. The quantitative estimate of drug-likeness (QED) is 0.316. The number of amides is 1. The number of nitrogens with zero attached hydrogens (tertiary/aromatic N) is 1. The largest absolute Gasteiger partial charge is 0.482 e. The molecule has 178 valence electrons. The number of fused-ring (bicyclic) bond motifs is 2. The SMILES string of the molecule is O=C(O)COc1ccc(Cl)cc1C1c2ccccc2CCN1C(=O)Cc1csc2ccc(Cl)cc12. The lowest BCUT2D eigenvalue weighted by Crippen LogP contribution is -2.41. The Kier molecular flexibility index (Phi) is 6.69. The van der Waals surface area contributed by atoms with E-state index < -0.39 is 18.6 Å². The summed E-state index contributed by atoms with van der Waals surface area (Å²) in [5, 5.41) is 13.3. The summed E-state index contributed by atoms with van der Waals surface area (Å²) in [6.07, 6.45) is 0.950. The van der Waals surface area contributed by atoms with Crippen molar-refractivity contribution < 1.29 is 19.4 Å². The minimum atomic E-state index is -1.08. The first-order chi connectivity index (χ1) is 16.9. The molecular weight excluding hydrogens is 505 g/mol. The number of halogens is 2. The molecule has 1 N–H and O–H groups in total. The van der Waals surface area contributed by atoms with E-state index in [1.54, 1.807) is 29.5 Å². The topological polar surface area (TPSA) is 66.8 Å². The molecule has 0 radical (unpaired) electrons. The summed E-state index contributed by atoms with van der Waals surface area (Å²) in [5.74, 6) is -0.719. The Labute approximate surface area is 216 Å². The van der Waals surface area contributed by atoms with Gasteiger partial charge in [-0.15, -0.1) is 11.3 Å². The van der Waals surface area contributed by atoms with Crippen LogP contribution in [0.3, 0.4) is 0 Å². The molecule has 1 aromatic heterocycles. The second-order valence-corrected chi connectivity index (χ2v) is 10.2. The number of hydrogen-bond acceptors (Lipinski definition) is 4. The van der Waals surface area contributed by atoms with Gasteiger partial charge in [0.05, 0.1) is 12.5 Å². The summed E-state index contributed by atoms with van der Waals surface area (Å²) in [7, 11) is 0. The van der Waals surface area contributed by atoms with Crippen LogP contribution in [0.15, 0.2) is 66.0 Å². The highest BCUT2D eigenvalue weighted by Crippen LogP contribution is 2.41. The molecule has 4 aromatic rings. The summed E-state index contributed by atoms with van der Waals surface area (Å²) in [6, 6.07) is 18.3. The predicted molar refractivity (Wildman–Crippen MR) is 139 cm³/mol. The smallest absolute Gasteiger partial charge is 0.341 e. The van der Waals surface area contributed by atoms with Crippen LogP contribution in [0.5, 0.6) is 5.75 Å². The highest BCUT2D eigenvalue weighted by Gasteiger charge is 2.34. The zero-order valence-corrected chi connectivity index (χ0v) is 20.9. The Morgan fingerprint density at radius 3 is 2.63 bits per heavy atom. The Morgan fingerprint density at radius 2 is 1.80 bits per heavy atom. The minimum absolute atomic E-state index is 0.0339. The number of rotatable bonds is 6. The summed E-state index contributed by atoms with van der Waals surface area (Å²) in [4.78, 5) is 26.8. The van der Waals surface area contributed by atoms with Crippen LogP contribution in [-0.2, 0) is 22.4 Å². The van der Waals surface area contributed by atoms with Crippen molar-refractivity contribution in [3.8, 4) is 5.75 Å². The summed E-state index contributed by atoms with van der Waals surface area (Å²) in [6.45, 7) is 0.0345. The fourth-order valence-electron chi connectivity index (χ4n) is 4.63. The van der Waals surface area contributed by atoms with Crippen molar-refractivity contribution in [3.63, 3.8) is 0 Å². The molecule has 2 heterocycles. The van der Waals surface area contributed by atoms with Gasteiger partial charge in [-0.25, -0.2) is 4.79 Å². The maximum absolute atomic E-state index is 13.8. The van der Waals surface area contributed by atoms with Crippen molar-refractivity contribution in [3.05, 3.63) is 98.3 Å². The van der Waals surface area contributed by atoms with Crippen LogP contribution in [-0.4, -0.2) is 35.0 Å². The number of carbonyl (C=O) groups is 2. The van der Waals surface area contributed by atoms with Crippen molar-refractivity contribution in [1.82, 2.24) is 4.90 Å². The molecule has 0 saturated carbocycles. The van der Waals surface area contributed by atoms with Crippen LogP contribution >= 0.6 is 34.5 Å². The monoisotopic (exact) mass is 525 g/mol. The van der Waals surface area contributed by atoms with Crippen molar-refractivity contribution >= 4 is 56.5 Å². The van der Waals surface area contributed by atoms with E-state index in [0.717, 1.165) is 33.2 Å². The first-order valence-electron chi connectivity index (χ1n) is 11.1. The molecule has 0 saturated heterocycles. The maximum Gasteiger partial charge on any atom is 0.341 e. The third-order valence-corrected chi connectivity index (χ3v) is 7.66. The van der Waals surface area contributed by atoms with Gasteiger partial charge in [0, 0.05) is 26.9 Å². The molecule has 0 aliphatic carbocycles. The van der Waals surface area contributed by atoms with E-state index in [1.165, 1.54) is 0 Å². The molecule has 1 atom stereocenters. The van der Waals surface area contributed by atoms with Gasteiger partial charge < -0.3 is 14.7 Å². The van der Waals surface area contributed by atoms with E-state index in [0.29, 0.717) is 27.9 Å². The lowest BCUT2D eigenvalue weighted by Gasteiger charge is -2.38. The van der Waals surface area contributed by atoms with Gasteiger partial charge >= 0.3 is 5.97 Å². The fraction of sp³-hybridized carbons (Fsp3) is 0.185. The number of carboxylic acids is 1. The third-order valence-electron chi connectivity index (χ3n) is 6.18. The molecule has 1 aliphatic rings. The van der Waals surface area contributed by atoms with Gasteiger partial charge in [-0.3, -0.25) is 4.79 Å². The molecular formula is C27H21Cl2NO4S. The van der Waals surface area contributed by atoms with Crippen molar-refractivity contribution in [2.75, 3.05) is 13.2 Å². The summed E-state index contributed by atoms with van der Waals surface area (Å²) in [5.41, 5.74) is 3.72. The molecule has 1 aliphatic heterocycles. The minimum Gasteiger partial charge on any atom is -0.482 e. The van der Waals surface area contributed by atoms with Crippen LogP contribution in [0, 0.1) is 0 Å². The molecule has 1 amide bonds. The zero-order chi connectivity index (χ0) is 24.5. The number of carboxylic acid groups (broad SMARTS) is 1. The normalized spacial score (nSPS) is 15.1. The number of ether oxygens (including phenoxy) is 1. The Bertz CT molecular complexity index is 1430. The molecule has 5 nitrogen and oxygen atoms in total. The summed E-state index contributed by atoms with van der Waals surface area (Å²) < 4.78 is 6.70. The van der Waals surface area contributed by atoms with Gasteiger partial charge in [0.25, 0.3) is 0 Å². The second-order valence-electron chi connectivity index (χ2n) is 8.38. The average Bonchev–Trinajstić information content (AvgIpc) is 3.24. The molecule has 8 heteroatoms. The second kappa shape index (κ2) is 9.90. The van der Waals surface area contributed by atoms with E-state index in [2.05, 4.69) is 6.07 Å². The van der Waals surface area contributed by atoms with Gasteiger partial charge in [-0.2, -0.15) is 0 Å². The van der Waals surface area contributed by atoms with Gasteiger partial charge in [0.15, 0.2) is 6.61 Å². The van der Waals surface area contributed by atoms with Crippen LogP contribution in [0.2, 0.25) is 10.0 Å². The molecule has 3 aromatic carbocycles. The molecule has 35 heavy (non-hydrogen) atoms. The fourth-order valence-corrected chi connectivity index (χ4v) is 5.93. The standard InChI is InChI=1S/C27H21Cl2NO4S/c28-18-5-7-23(34-14-26(32)33)22(13-18)27-20-4-2-1-3-16(20)9-10-30(27)25(31)11-17-15-35-24-8-6-19(29)12-21(17)24/h1-8,12-13,15,27H,9-11,14H2,(H,32,33). The lowest BCUT2D eigenvalue weighted by atomic mass is 9.87. The highest BCUT2D eigenvalue weighted by molar-refractivity contribution is 7.17. The van der Waals surface area contributed by atoms with Gasteiger partial charge in [0.1, 0.15) is 5.75 Å². The van der Waals surface area contributed by atoms with Crippen LogP contribution in [0.4, 0.5) is 0 Å². The van der Waals surface area contributed by atoms with Crippen LogP contribution in [0.25, 0.3) is 10.1 Å². The first kappa shape index (κ1) is 23.7. The average molecular weight is 526 g/mol. The van der Waals surface area contributed by atoms with Gasteiger partial charge in [0.2, 0.25) is 5.91 Å². The van der Waals surface area contributed by atoms with Crippen molar-refractivity contribution in [2.45, 2.75) is 18.9 Å². The van der Waals surface area contributed by atoms with E-state index >= 15 is 0 Å². The highest BCUT2D eigenvalue weighted by atomic mass is 35.5. The maximum atomic E-state index is 13.8. The Balaban J connectivity index is 1.55. The van der Waals surface area contributed by atoms with Crippen molar-refractivity contribution in [2.24, 2.45) is 0 Å².